The van der Waals surface area contributed by atoms with Crippen molar-refractivity contribution < 1.29 is 24.5 Å². The number of benzene rings is 1. The maximum atomic E-state index is 11.1. The van der Waals surface area contributed by atoms with Gasteiger partial charge in [-0.1, -0.05) is 18.7 Å². The molecule has 19 heavy (non-hydrogen) atoms. The predicted molar refractivity (Wildman–Crippen MR) is 68.3 cm³/mol. The molecule has 0 aliphatic carbocycles. The van der Waals surface area contributed by atoms with Gasteiger partial charge in [-0.25, -0.2) is 9.59 Å². The molecule has 0 spiro atoms. The third-order valence-electron chi connectivity index (χ3n) is 2.33. The normalized spacial score (nSPS) is 9.68. The van der Waals surface area contributed by atoms with Crippen LogP contribution in [0, 0.1) is 0 Å². The number of hydrogen-bond donors (Lipinski definition) is 3. The minimum absolute atomic E-state index is 0.0135. The number of aromatic carboxylic acids is 1. The van der Waals surface area contributed by atoms with Crippen molar-refractivity contribution in [3.63, 3.8) is 0 Å². The fourth-order valence-electron chi connectivity index (χ4n) is 1.39. The van der Waals surface area contributed by atoms with Crippen molar-refractivity contribution in [2.75, 3.05) is 13.2 Å². The summed E-state index contributed by atoms with van der Waals surface area (Å²) in [5, 5.41) is 20.9. The third kappa shape index (κ3) is 4.71. The number of nitrogens with one attached hydrogen (secondary N) is 1. The molecule has 0 fully saturated rings. The lowest BCUT2D eigenvalue weighted by molar-refractivity contribution is 0.0696. The first kappa shape index (κ1) is 14.6. The van der Waals surface area contributed by atoms with Crippen LogP contribution in [0.25, 0.3) is 0 Å². The van der Waals surface area contributed by atoms with Crippen LogP contribution in [-0.2, 0) is 11.2 Å². The van der Waals surface area contributed by atoms with Crippen molar-refractivity contribution >= 4 is 12.1 Å². The lowest BCUT2D eigenvalue weighted by atomic mass is 10.1. The van der Waals surface area contributed by atoms with Gasteiger partial charge in [0.25, 0.3) is 0 Å². The number of carboxylic acids is 1. The van der Waals surface area contributed by atoms with Gasteiger partial charge in [0.05, 0.1) is 5.56 Å². The number of aromatic hydroxyl groups is 1. The third-order valence-corrected chi connectivity index (χ3v) is 2.33. The van der Waals surface area contributed by atoms with Gasteiger partial charge < -0.3 is 20.3 Å². The molecule has 1 amide bonds. The van der Waals surface area contributed by atoms with Crippen molar-refractivity contribution in [1.29, 1.82) is 0 Å². The van der Waals surface area contributed by atoms with Crippen LogP contribution in [0.15, 0.2) is 30.9 Å². The zero-order valence-electron chi connectivity index (χ0n) is 10.3. The van der Waals surface area contributed by atoms with Gasteiger partial charge in [0.2, 0.25) is 0 Å². The first-order valence-electron chi connectivity index (χ1n) is 5.61. The van der Waals surface area contributed by atoms with Gasteiger partial charge in [0, 0.05) is 6.54 Å². The molecule has 0 aliphatic rings. The van der Waals surface area contributed by atoms with E-state index >= 15 is 0 Å². The van der Waals surface area contributed by atoms with Gasteiger partial charge in [-0.3, -0.25) is 0 Å². The molecule has 1 aromatic rings. The molecule has 6 heteroatoms. The lowest BCUT2D eigenvalue weighted by Gasteiger charge is -2.07. The zero-order chi connectivity index (χ0) is 14.3. The van der Waals surface area contributed by atoms with Crippen molar-refractivity contribution in [1.82, 2.24) is 5.32 Å². The van der Waals surface area contributed by atoms with E-state index in [-0.39, 0.29) is 24.5 Å². The van der Waals surface area contributed by atoms with Gasteiger partial charge in [-0.15, -0.1) is 0 Å². The largest absolute Gasteiger partial charge is 0.508 e. The fraction of sp³-hybridized carbons (Fsp3) is 0.231. The summed E-state index contributed by atoms with van der Waals surface area (Å²) < 4.78 is 4.70. The number of carbonyl (C=O) groups is 2. The summed E-state index contributed by atoms with van der Waals surface area (Å²) in [5.41, 5.74) is 0.564. The zero-order valence-corrected chi connectivity index (χ0v) is 10.3. The fourth-order valence-corrected chi connectivity index (χ4v) is 1.39. The topological polar surface area (TPSA) is 95.9 Å². The highest BCUT2D eigenvalue weighted by atomic mass is 16.5. The Morgan fingerprint density at radius 2 is 2.16 bits per heavy atom. The Hall–Kier alpha value is -2.50. The van der Waals surface area contributed by atoms with E-state index in [1.54, 1.807) is 0 Å². The van der Waals surface area contributed by atoms with Gasteiger partial charge in [0.15, 0.2) is 0 Å². The number of ether oxygens (including phenoxy) is 1. The summed E-state index contributed by atoms with van der Waals surface area (Å²) in [5.74, 6) is -1.21. The minimum Gasteiger partial charge on any atom is -0.508 e. The van der Waals surface area contributed by atoms with E-state index in [2.05, 4.69) is 11.9 Å². The Labute approximate surface area is 110 Å². The number of rotatable bonds is 6. The Kier molecular flexibility index (Phi) is 5.40. The van der Waals surface area contributed by atoms with Crippen LogP contribution in [0.3, 0.4) is 0 Å². The van der Waals surface area contributed by atoms with Crippen molar-refractivity contribution in [2.24, 2.45) is 0 Å². The molecule has 1 aromatic carbocycles. The Morgan fingerprint density at radius 1 is 1.42 bits per heavy atom. The maximum Gasteiger partial charge on any atom is 0.407 e. The molecule has 0 bridgehead atoms. The summed E-state index contributed by atoms with van der Waals surface area (Å²) in [6, 6.07) is 4.08. The molecule has 0 aromatic heterocycles. The molecule has 0 heterocycles. The molecule has 1 rings (SSSR count). The molecule has 102 valence electrons. The van der Waals surface area contributed by atoms with Crippen LogP contribution in [0.2, 0.25) is 0 Å². The molecule has 6 nitrogen and oxygen atoms in total. The molecule has 0 aliphatic heterocycles. The van der Waals surface area contributed by atoms with E-state index in [4.69, 9.17) is 9.84 Å². The lowest BCUT2D eigenvalue weighted by Crippen LogP contribution is -2.26. The molecule has 0 saturated heterocycles. The smallest absolute Gasteiger partial charge is 0.407 e. The quantitative estimate of drug-likeness (QED) is 0.678. The Bertz CT molecular complexity index is 484. The van der Waals surface area contributed by atoms with Crippen LogP contribution in [0.4, 0.5) is 4.79 Å². The molecule has 0 unspecified atom stereocenters. The number of amides is 1. The van der Waals surface area contributed by atoms with Crippen molar-refractivity contribution in [3.8, 4) is 5.75 Å². The highest BCUT2D eigenvalue weighted by molar-refractivity contribution is 5.88. The minimum atomic E-state index is -1.10. The number of phenols is 1. The summed E-state index contributed by atoms with van der Waals surface area (Å²) in [6.07, 6.45) is 1.26. The van der Waals surface area contributed by atoms with Gasteiger partial charge in [-0.05, 0) is 24.1 Å². The first-order chi connectivity index (χ1) is 9.04. The van der Waals surface area contributed by atoms with Crippen LogP contribution in [-0.4, -0.2) is 35.4 Å². The van der Waals surface area contributed by atoms with E-state index in [0.717, 1.165) is 0 Å². The SMILES string of the molecule is C=CCOC(=O)NCCc1ccc(C(=O)O)cc1O. The summed E-state index contributed by atoms with van der Waals surface area (Å²) in [4.78, 5) is 21.8. The molecule has 0 atom stereocenters. The highest BCUT2D eigenvalue weighted by Gasteiger charge is 2.08. The summed E-state index contributed by atoms with van der Waals surface area (Å²) in [7, 11) is 0. The average molecular weight is 265 g/mol. The van der Waals surface area contributed by atoms with Gasteiger partial charge >= 0.3 is 12.1 Å². The average Bonchev–Trinajstić information content (AvgIpc) is 2.38. The summed E-state index contributed by atoms with van der Waals surface area (Å²) in [6.45, 7) is 3.81. The number of carbonyl (C=O) groups excluding carboxylic acids is 1. The van der Waals surface area contributed by atoms with E-state index in [1.165, 1.54) is 24.3 Å². The number of carboxylic acid groups (broad SMARTS) is 1. The second kappa shape index (κ2) is 7.05. The van der Waals surface area contributed by atoms with Gasteiger partial charge in [-0.2, -0.15) is 0 Å². The maximum absolute atomic E-state index is 11.1. The molecular formula is C13H15NO5. The van der Waals surface area contributed by atoms with E-state index in [9.17, 15) is 14.7 Å². The van der Waals surface area contributed by atoms with Crippen LogP contribution in [0.1, 0.15) is 15.9 Å². The van der Waals surface area contributed by atoms with Crippen LogP contribution >= 0.6 is 0 Å². The second-order valence-corrected chi connectivity index (χ2v) is 3.71. The standard InChI is InChI=1S/C13H15NO5/c1-2-7-19-13(18)14-6-5-9-3-4-10(12(16)17)8-11(9)15/h2-4,8,15H,1,5-7H2,(H,14,18)(H,16,17). The predicted octanol–water partition coefficient (Wildman–Crippen LogP) is 1.55. The van der Waals surface area contributed by atoms with Crippen molar-refractivity contribution in [3.05, 3.63) is 42.0 Å². The second-order valence-electron chi connectivity index (χ2n) is 3.71. The Morgan fingerprint density at radius 3 is 2.74 bits per heavy atom. The van der Waals surface area contributed by atoms with Gasteiger partial charge in [0.1, 0.15) is 12.4 Å². The number of alkyl carbamates (subject to hydrolysis) is 1. The molecular weight excluding hydrogens is 250 g/mol. The molecule has 0 radical (unpaired) electrons. The highest BCUT2D eigenvalue weighted by Crippen LogP contribution is 2.19. The molecule has 0 saturated carbocycles. The van der Waals surface area contributed by atoms with Crippen LogP contribution < -0.4 is 5.32 Å². The number of hydrogen-bond acceptors (Lipinski definition) is 4. The summed E-state index contributed by atoms with van der Waals surface area (Å²) >= 11 is 0. The monoisotopic (exact) mass is 265 g/mol. The van der Waals surface area contributed by atoms with Crippen LogP contribution in [0.5, 0.6) is 5.75 Å². The number of phenolic OH excluding ortho intramolecular Hbond substituents is 1. The first-order valence-corrected chi connectivity index (χ1v) is 5.61. The molecule has 3 N–H and O–H groups in total. The van der Waals surface area contributed by atoms with E-state index in [0.29, 0.717) is 12.0 Å². The Balaban J connectivity index is 2.47. The van der Waals surface area contributed by atoms with E-state index in [1.807, 2.05) is 0 Å². The van der Waals surface area contributed by atoms with E-state index < -0.39 is 12.1 Å². The van der Waals surface area contributed by atoms with Crippen molar-refractivity contribution in [2.45, 2.75) is 6.42 Å².